The lowest BCUT2D eigenvalue weighted by molar-refractivity contribution is 0.0697. The van der Waals surface area contributed by atoms with Crippen LogP contribution in [0.25, 0.3) is 0 Å². The van der Waals surface area contributed by atoms with E-state index in [1.54, 1.807) is 24.5 Å². The number of aromatic nitrogens is 2. The molecule has 0 unspecified atom stereocenters. The molecule has 0 radical (unpaired) electrons. The summed E-state index contributed by atoms with van der Waals surface area (Å²) in [5.74, 6) is -1.55. The molecule has 1 heterocycles. The summed E-state index contributed by atoms with van der Waals surface area (Å²) in [6.07, 6.45) is 3.62. The summed E-state index contributed by atoms with van der Waals surface area (Å²) >= 11 is 0. The van der Waals surface area contributed by atoms with Gasteiger partial charge in [-0.15, -0.1) is 0 Å². The summed E-state index contributed by atoms with van der Waals surface area (Å²) in [5.41, 5.74) is 1.49. The minimum absolute atomic E-state index is 0.220. The number of hydrogen-bond donors (Lipinski definition) is 1. The summed E-state index contributed by atoms with van der Waals surface area (Å²) in [4.78, 5) is 15.1. The largest absolute Gasteiger partial charge is 0.478 e. The normalized spacial score (nSPS) is 10.8. The van der Waals surface area contributed by atoms with Crippen LogP contribution in [-0.4, -0.2) is 20.6 Å². The maximum atomic E-state index is 13.8. The van der Waals surface area contributed by atoms with Gasteiger partial charge in [0.15, 0.2) is 0 Å². The molecule has 2 aromatic carbocycles. The Labute approximate surface area is 137 Å². The van der Waals surface area contributed by atoms with E-state index in [2.05, 4.69) is 4.98 Å². The van der Waals surface area contributed by atoms with Crippen LogP contribution in [0, 0.1) is 11.6 Å². The van der Waals surface area contributed by atoms with E-state index in [4.69, 9.17) is 5.11 Å². The van der Waals surface area contributed by atoms with Gasteiger partial charge in [-0.2, -0.15) is 0 Å². The van der Waals surface area contributed by atoms with E-state index in [0.717, 1.165) is 11.6 Å². The molecular formula is C18H14F2N2O2. The number of halogens is 2. The molecule has 0 atom stereocenters. The van der Waals surface area contributed by atoms with Crippen molar-refractivity contribution >= 4 is 5.97 Å². The Kier molecular flexibility index (Phi) is 4.37. The number of carbonyl (C=O) groups is 1. The van der Waals surface area contributed by atoms with Gasteiger partial charge < -0.3 is 9.67 Å². The SMILES string of the molecule is O=C(O)c1ccc(Cn2ccnc2Cc2ccc(F)cc2F)cc1. The zero-order valence-electron chi connectivity index (χ0n) is 12.6. The molecule has 0 fully saturated rings. The van der Waals surface area contributed by atoms with E-state index in [-0.39, 0.29) is 12.0 Å². The van der Waals surface area contributed by atoms with Gasteiger partial charge in [0, 0.05) is 31.4 Å². The predicted molar refractivity (Wildman–Crippen MR) is 83.9 cm³/mol. The maximum Gasteiger partial charge on any atom is 0.335 e. The summed E-state index contributed by atoms with van der Waals surface area (Å²) in [6, 6.07) is 10.0. The second-order valence-electron chi connectivity index (χ2n) is 5.39. The molecular weight excluding hydrogens is 314 g/mol. The fourth-order valence-corrected chi connectivity index (χ4v) is 2.44. The fourth-order valence-electron chi connectivity index (χ4n) is 2.44. The molecule has 0 aliphatic rings. The number of nitrogens with zero attached hydrogens (tertiary/aromatic N) is 2. The van der Waals surface area contributed by atoms with Crippen molar-refractivity contribution in [3.63, 3.8) is 0 Å². The summed E-state index contributed by atoms with van der Waals surface area (Å²) < 4.78 is 28.6. The van der Waals surface area contributed by atoms with Gasteiger partial charge >= 0.3 is 5.97 Å². The molecule has 1 N–H and O–H groups in total. The molecule has 3 rings (SSSR count). The topological polar surface area (TPSA) is 55.1 Å². The Morgan fingerprint density at radius 1 is 1.12 bits per heavy atom. The van der Waals surface area contributed by atoms with E-state index in [0.29, 0.717) is 17.9 Å². The lowest BCUT2D eigenvalue weighted by Crippen LogP contribution is -2.06. The lowest BCUT2D eigenvalue weighted by atomic mass is 10.1. The zero-order chi connectivity index (χ0) is 17.1. The Morgan fingerprint density at radius 2 is 1.88 bits per heavy atom. The number of benzene rings is 2. The van der Waals surface area contributed by atoms with Crippen LogP contribution in [0.15, 0.2) is 54.9 Å². The highest BCUT2D eigenvalue weighted by Gasteiger charge is 2.10. The summed E-state index contributed by atoms with van der Waals surface area (Å²) in [5, 5.41) is 8.91. The Morgan fingerprint density at radius 3 is 2.54 bits per heavy atom. The van der Waals surface area contributed by atoms with Gasteiger partial charge in [0.2, 0.25) is 0 Å². The van der Waals surface area contributed by atoms with Gasteiger partial charge in [-0.1, -0.05) is 18.2 Å². The van der Waals surface area contributed by atoms with Crippen LogP contribution >= 0.6 is 0 Å². The van der Waals surface area contributed by atoms with Crippen LogP contribution in [0.3, 0.4) is 0 Å². The molecule has 0 aliphatic heterocycles. The van der Waals surface area contributed by atoms with Gasteiger partial charge in [0.25, 0.3) is 0 Å². The van der Waals surface area contributed by atoms with Crippen LogP contribution < -0.4 is 0 Å². The third-order valence-electron chi connectivity index (χ3n) is 3.72. The molecule has 0 amide bonds. The van der Waals surface area contributed by atoms with Crippen molar-refractivity contribution in [1.82, 2.24) is 9.55 Å². The van der Waals surface area contributed by atoms with E-state index >= 15 is 0 Å². The highest BCUT2D eigenvalue weighted by molar-refractivity contribution is 5.87. The number of carboxylic acid groups (broad SMARTS) is 1. The molecule has 3 aromatic rings. The Balaban J connectivity index is 1.79. The molecule has 6 heteroatoms. The van der Waals surface area contributed by atoms with Gasteiger partial charge in [-0.05, 0) is 29.3 Å². The number of carboxylic acids is 1. The number of rotatable bonds is 5. The molecule has 24 heavy (non-hydrogen) atoms. The molecule has 0 spiro atoms. The fraction of sp³-hybridized carbons (Fsp3) is 0.111. The number of imidazole rings is 1. The van der Waals surface area contributed by atoms with Gasteiger partial charge in [0.05, 0.1) is 5.56 Å². The molecule has 0 saturated heterocycles. The molecule has 0 bridgehead atoms. The highest BCUT2D eigenvalue weighted by atomic mass is 19.1. The first-order valence-corrected chi connectivity index (χ1v) is 7.29. The third kappa shape index (κ3) is 3.48. The lowest BCUT2D eigenvalue weighted by Gasteiger charge is -2.09. The number of aromatic carboxylic acids is 1. The van der Waals surface area contributed by atoms with E-state index < -0.39 is 17.6 Å². The first-order valence-electron chi connectivity index (χ1n) is 7.29. The number of hydrogen-bond acceptors (Lipinski definition) is 2. The first-order chi connectivity index (χ1) is 11.5. The Hall–Kier alpha value is -3.02. The van der Waals surface area contributed by atoms with Crippen LogP contribution in [0.1, 0.15) is 27.3 Å². The van der Waals surface area contributed by atoms with E-state index in [1.165, 1.54) is 24.3 Å². The van der Waals surface area contributed by atoms with Gasteiger partial charge in [0.1, 0.15) is 17.5 Å². The second-order valence-corrected chi connectivity index (χ2v) is 5.39. The van der Waals surface area contributed by atoms with Gasteiger partial charge in [-0.3, -0.25) is 0 Å². The minimum atomic E-state index is -0.975. The van der Waals surface area contributed by atoms with E-state index in [1.807, 2.05) is 4.57 Å². The Bertz CT molecular complexity index is 873. The minimum Gasteiger partial charge on any atom is -0.478 e. The molecule has 0 saturated carbocycles. The van der Waals surface area contributed by atoms with Crippen molar-refractivity contribution in [3.8, 4) is 0 Å². The third-order valence-corrected chi connectivity index (χ3v) is 3.72. The van der Waals surface area contributed by atoms with Crippen LogP contribution in [0.2, 0.25) is 0 Å². The molecule has 0 aliphatic carbocycles. The highest BCUT2D eigenvalue weighted by Crippen LogP contribution is 2.15. The summed E-state index contributed by atoms with van der Waals surface area (Å²) in [7, 11) is 0. The predicted octanol–water partition coefficient (Wildman–Crippen LogP) is 3.50. The van der Waals surface area contributed by atoms with Crippen molar-refractivity contribution in [2.45, 2.75) is 13.0 Å². The zero-order valence-corrected chi connectivity index (χ0v) is 12.6. The molecule has 4 nitrogen and oxygen atoms in total. The van der Waals surface area contributed by atoms with Crippen LogP contribution in [0.5, 0.6) is 0 Å². The van der Waals surface area contributed by atoms with Crippen molar-refractivity contribution < 1.29 is 18.7 Å². The van der Waals surface area contributed by atoms with Crippen LogP contribution in [-0.2, 0) is 13.0 Å². The van der Waals surface area contributed by atoms with Crippen molar-refractivity contribution in [1.29, 1.82) is 0 Å². The van der Waals surface area contributed by atoms with Crippen molar-refractivity contribution in [3.05, 3.63) is 89.0 Å². The summed E-state index contributed by atoms with van der Waals surface area (Å²) in [6.45, 7) is 0.484. The first kappa shape index (κ1) is 15.9. The quantitative estimate of drug-likeness (QED) is 0.780. The van der Waals surface area contributed by atoms with Crippen LogP contribution in [0.4, 0.5) is 8.78 Å². The smallest absolute Gasteiger partial charge is 0.335 e. The second kappa shape index (κ2) is 6.62. The van der Waals surface area contributed by atoms with Gasteiger partial charge in [-0.25, -0.2) is 18.6 Å². The standard InChI is InChI=1S/C18H14F2N2O2/c19-15-6-5-14(16(20)10-15)9-17-21-7-8-22(17)11-12-1-3-13(4-2-12)18(23)24/h1-8,10H,9,11H2,(H,23,24). The maximum absolute atomic E-state index is 13.8. The average molecular weight is 328 g/mol. The van der Waals surface area contributed by atoms with Crippen molar-refractivity contribution in [2.75, 3.05) is 0 Å². The average Bonchev–Trinajstić information content (AvgIpc) is 2.97. The molecule has 1 aromatic heterocycles. The van der Waals surface area contributed by atoms with E-state index in [9.17, 15) is 13.6 Å². The van der Waals surface area contributed by atoms with Crippen molar-refractivity contribution in [2.24, 2.45) is 0 Å². The monoisotopic (exact) mass is 328 g/mol. The molecule has 122 valence electrons.